The van der Waals surface area contributed by atoms with Gasteiger partial charge in [0.25, 0.3) is 0 Å². The molecular formula is C8H6FIO3S. The van der Waals surface area contributed by atoms with Gasteiger partial charge in [-0.2, -0.15) is 0 Å². The van der Waals surface area contributed by atoms with Gasteiger partial charge >= 0.3 is 0 Å². The van der Waals surface area contributed by atoms with E-state index in [1.807, 2.05) is 0 Å². The van der Waals surface area contributed by atoms with Crippen LogP contribution in [0.4, 0.5) is 4.39 Å². The van der Waals surface area contributed by atoms with Crippen LogP contribution in [0.5, 0.6) is 0 Å². The van der Waals surface area contributed by atoms with E-state index in [-0.39, 0.29) is 9.35 Å². The van der Waals surface area contributed by atoms with Gasteiger partial charge in [-0.15, -0.1) is 0 Å². The lowest BCUT2D eigenvalue weighted by Crippen LogP contribution is -2.02. The second-order valence-electron chi connectivity index (χ2n) is 2.69. The van der Waals surface area contributed by atoms with Gasteiger partial charge in [0.05, 0.1) is 0 Å². The highest BCUT2D eigenvalue weighted by Crippen LogP contribution is 2.17. The lowest BCUT2D eigenvalue weighted by Gasteiger charge is -2.01. The molecule has 14 heavy (non-hydrogen) atoms. The minimum atomic E-state index is -3.62. The molecule has 0 radical (unpaired) electrons. The number of sulfone groups is 1. The van der Waals surface area contributed by atoms with Gasteiger partial charge in [0.15, 0.2) is 9.84 Å². The Morgan fingerprint density at radius 1 is 1.43 bits per heavy atom. The van der Waals surface area contributed by atoms with Crippen LogP contribution in [-0.2, 0) is 9.84 Å². The predicted molar refractivity (Wildman–Crippen MR) is 57.9 cm³/mol. The molecule has 0 fully saturated rings. The minimum Gasteiger partial charge on any atom is -0.282 e. The average molecular weight is 328 g/mol. The molecule has 0 unspecified atom stereocenters. The first-order chi connectivity index (χ1) is 6.32. The molecule has 0 atom stereocenters. The molecule has 1 aromatic rings. The molecular weight excluding hydrogens is 322 g/mol. The number of hydrogen-bond donors (Lipinski definition) is 0. The van der Waals surface area contributed by atoms with Crippen molar-refractivity contribution >= 4 is 36.2 Å². The van der Waals surface area contributed by atoms with Crippen LogP contribution >= 0.6 is 22.6 Å². The quantitative estimate of drug-likeness (QED) is 0.615. The van der Waals surface area contributed by atoms with Crippen molar-refractivity contribution in [2.75, 3.05) is 6.26 Å². The highest BCUT2D eigenvalue weighted by atomic mass is 127. The molecule has 3 nitrogen and oxygen atoms in total. The van der Waals surface area contributed by atoms with Crippen molar-refractivity contribution in [3.8, 4) is 0 Å². The van der Waals surface area contributed by atoms with Gasteiger partial charge < -0.3 is 0 Å². The summed E-state index contributed by atoms with van der Waals surface area (Å²) in [5, 5.41) is 0. The molecule has 1 rings (SSSR count). The van der Waals surface area contributed by atoms with E-state index >= 15 is 0 Å². The third kappa shape index (κ3) is 2.50. The Bertz CT molecular complexity index is 481. The Labute approximate surface area is 94.4 Å². The van der Waals surface area contributed by atoms with Crippen molar-refractivity contribution in [1.82, 2.24) is 0 Å². The van der Waals surface area contributed by atoms with E-state index < -0.39 is 20.5 Å². The fraction of sp³-hybridized carbons (Fsp3) is 0.125. The second-order valence-corrected chi connectivity index (χ2v) is 5.66. The zero-order valence-electron chi connectivity index (χ0n) is 7.12. The molecule has 0 saturated heterocycles. The average Bonchev–Trinajstić information content (AvgIpc) is 2.02. The number of hydrogen-bond acceptors (Lipinski definition) is 3. The molecule has 0 aliphatic heterocycles. The molecule has 0 N–H and O–H groups in total. The summed E-state index contributed by atoms with van der Waals surface area (Å²) in [6.07, 6.45) is 0.896. The van der Waals surface area contributed by atoms with Crippen LogP contribution in [0.15, 0.2) is 23.1 Å². The van der Waals surface area contributed by atoms with Crippen LogP contribution < -0.4 is 0 Å². The third-order valence-corrected chi connectivity index (χ3v) is 3.29. The van der Waals surface area contributed by atoms with E-state index in [1.54, 1.807) is 0 Å². The van der Waals surface area contributed by atoms with E-state index in [0.29, 0.717) is 0 Å². The van der Waals surface area contributed by atoms with Gasteiger partial charge in [-0.3, -0.25) is 4.79 Å². The summed E-state index contributed by atoms with van der Waals surface area (Å²) in [5.74, 6) is -0.839. The van der Waals surface area contributed by atoms with Crippen molar-refractivity contribution in [1.29, 1.82) is 0 Å². The van der Waals surface area contributed by atoms with Gasteiger partial charge in [0, 0.05) is 34.4 Å². The maximum atomic E-state index is 13.0. The molecule has 1 aromatic carbocycles. The Kier molecular flexibility index (Phi) is 3.25. The van der Waals surface area contributed by atoms with Gasteiger partial charge in [-0.1, -0.05) is 0 Å². The molecule has 0 heterocycles. The SMILES string of the molecule is CS(=O)(=O)c1cc(C(=O)I)ccc1F. The van der Waals surface area contributed by atoms with Crippen LogP contribution in [-0.4, -0.2) is 18.5 Å². The van der Waals surface area contributed by atoms with E-state index in [0.717, 1.165) is 18.4 Å². The van der Waals surface area contributed by atoms with Crippen molar-refractivity contribution in [3.63, 3.8) is 0 Å². The zero-order valence-corrected chi connectivity index (χ0v) is 10.1. The van der Waals surface area contributed by atoms with Crippen LogP contribution in [0.25, 0.3) is 0 Å². The number of benzene rings is 1. The van der Waals surface area contributed by atoms with Gasteiger partial charge in [0.1, 0.15) is 10.7 Å². The van der Waals surface area contributed by atoms with Gasteiger partial charge in [-0.05, 0) is 18.2 Å². The van der Waals surface area contributed by atoms with Crippen LogP contribution in [0.1, 0.15) is 10.4 Å². The molecule has 0 amide bonds. The lowest BCUT2D eigenvalue weighted by atomic mass is 10.2. The number of carbonyl (C=O) groups excluding carboxylic acids is 1. The highest BCUT2D eigenvalue weighted by molar-refractivity contribution is 14.1. The van der Waals surface area contributed by atoms with Crippen molar-refractivity contribution in [2.45, 2.75) is 4.90 Å². The first kappa shape index (κ1) is 11.6. The largest absolute Gasteiger partial charge is 0.282 e. The fourth-order valence-corrected chi connectivity index (χ4v) is 2.01. The standard InChI is InChI=1S/C8H6FIO3S/c1-14(12,13)7-4-5(8(10)11)2-3-6(7)9/h2-4H,1H3. The molecule has 76 valence electrons. The van der Waals surface area contributed by atoms with E-state index in [1.165, 1.54) is 28.7 Å². The maximum Gasteiger partial charge on any atom is 0.222 e. The zero-order chi connectivity index (χ0) is 10.9. The summed E-state index contributed by atoms with van der Waals surface area (Å²) >= 11 is 1.51. The summed E-state index contributed by atoms with van der Waals surface area (Å²) < 4.78 is 34.9. The predicted octanol–water partition coefficient (Wildman–Crippen LogP) is 1.80. The van der Waals surface area contributed by atoms with Crippen LogP contribution in [0, 0.1) is 5.82 Å². The molecule has 0 bridgehead atoms. The van der Waals surface area contributed by atoms with Crippen molar-refractivity contribution in [2.24, 2.45) is 0 Å². The van der Waals surface area contributed by atoms with Gasteiger partial charge in [0.2, 0.25) is 3.79 Å². The highest BCUT2D eigenvalue weighted by Gasteiger charge is 2.15. The monoisotopic (exact) mass is 328 g/mol. The third-order valence-electron chi connectivity index (χ3n) is 1.56. The summed E-state index contributed by atoms with van der Waals surface area (Å²) in [6, 6.07) is 3.26. The fourth-order valence-electron chi connectivity index (χ4n) is 0.910. The molecule has 0 saturated carbocycles. The Hall–Kier alpha value is -0.500. The second kappa shape index (κ2) is 3.93. The maximum absolute atomic E-state index is 13.0. The smallest absolute Gasteiger partial charge is 0.222 e. The Morgan fingerprint density at radius 3 is 2.43 bits per heavy atom. The molecule has 0 aromatic heterocycles. The van der Waals surface area contributed by atoms with Crippen molar-refractivity contribution in [3.05, 3.63) is 29.6 Å². The van der Waals surface area contributed by atoms with Gasteiger partial charge in [-0.25, -0.2) is 12.8 Å². The summed E-state index contributed by atoms with van der Waals surface area (Å²) in [7, 11) is -3.62. The summed E-state index contributed by atoms with van der Waals surface area (Å²) in [4.78, 5) is 10.5. The molecule has 0 aliphatic carbocycles. The lowest BCUT2D eigenvalue weighted by molar-refractivity contribution is 0.110. The first-order valence-electron chi connectivity index (χ1n) is 3.52. The summed E-state index contributed by atoms with van der Waals surface area (Å²) in [6.45, 7) is 0. The van der Waals surface area contributed by atoms with Crippen molar-refractivity contribution < 1.29 is 17.6 Å². The minimum absolute atomic E-state index is 0.174. The normalized spacial score (nSPS) is 11.4. The van der Waals surface area contributed by atoms with E-state index in [2.05, 4.69) is 0 Å². The molecule has 0 aliphatic rings. The van der Waals surface area contributed by atoms with E-state index in [4.69, 9.17) is 0 Å². The summed E-state index contributed by atoms with van der Waals surface area (Å²) in [5.41, 5.74) is 0.174. The van der Waals surface area contributed by atoms with Crippen LogP contribution in [0.3, 0.4) is 0 Å². The Morgan fingerprint density at radius 2 is 2.00 bits per heavy atom. The van der Waals surface area contributed by atoms with Crippen LogP contribution in [0.2, 0.25) is 0 Å². The number of halogens is 2. The number of carbonyl (C=O) groups is 1. The molecule has 0 spiro atoms. The number of rotatable bonds is 2. The molecule has 6 heteroatoms. The van der Waals surface area contributed by atoms with E-state index in [9.17, 15) is 17.6 Å². The first-order valence-corrected chi connectivity index (χ1v) is 6.49. The topological polar surface area (TPSA) is 51.2 Å². The Balaban J connectivity index is 3.44.